The number of carbonyl (C=O) groups is 3. The number of esters is 1. The van der Waals surface area contributed by atoms with Gasteiger partial charge in [0.15, 0.2) is 0 Å². The number of rotatable bonds is 2. The van der Waals surface area contributed by atoms with E-state index in [0.717, 1.165) is 21.0 Å². The fraction of sp³-hybridized carbons (Fsp3) is 0.414. The average Bonchev–Trinajstić information content (AvgIpc) is 3.45. The molecule has 0 saturated heterocycles. The molecule has 0 aliphatic heterocycles. The first-order valence-electron chi connectivity index (χ1n) is 11.8. The van der Waals surface area contributed by atoms with Crippen molar-refractivity contribution in [1.82, 2.24) is 19.6 Å². The summed E-state index contributed by atoms with van der Waals surface area (Å²) in [7, 11) is 1.30. The molecule has 4 rings (SSSR count). The highest BCUT2D eigenvalue weighted by atomic mass is 16.6. The predicted molar refractivity (Wildman–Crippen MR) is 153 cm³/mol. The van der Waals surface area contributed by atoms with Crippen molar-refractivity contribution in [1.29, 1.82) is 0 Å². The van der Waals surface area contributed by atoms with E-state index in [1.807, 2.05) is 6.07 Å². The molecule has 4 aromatic rings. The van der Waals surface area contributed by atoms with E-state index in [1.165, 1.54) is 11.8 Å². The first kappa shape index (κ1) is 33.8. The number of aliphatic hydroxyl groups is 1. The summed E-state index contributed by atoms with van der Waals surface area (Å²) in [5.74, 6) is -0.469. The lowest BCUT2D eigenvalue weighted by atomic mass is 10.2. The van der Waals surface area contributed by atoms with Crippen LogP contribution in [-0.2, 0) is 20.8 Å². The van der Waals surface area contributed by atoms with Crippen molar-refractivity contribution in [2.24, 2.45) is 0 Å². The summed E-state index contributed by atoms with van der Waals surface area (Å²) in [5, 5.41) is 18.7. The van der Waals surface area contributed by atoms with Crippen molar-refractivity contribution in [2.45, 2.75) is 74.2 Å². The molecule has 11 nitrogen and oxygen atoms in total. The highest BCUT2D eigenvalue weighted by molar-refractivity contribution is 5.96. The van der Waals surface area contributed by atoms with Crippen LogP contribution in [0.5, 0.6) is 0 Å². The predicted octanol–water partition coefficient (Wildman–Crippen LogP) is 6.19. The van der Waals surface area contributed by atoms with Gasteiger partial charge in [-0.25, -0.2) is 14.4 Å². The molecule has 0 fully saturated rings. The molecule has 0 unspecified atom stereocenters. The van der Waals surface area contributed by atoms with E-state index in [4.69, 9.17) is 14.6 Å². The Labute approximate surface area is 234 Å². The Hall–Kier alpha value is -4.25. The SMILES string of the molecule is C.C.CC(C)(C)OC(=O)n1ncc2ccc(CO)cc21.COC(=O)c1ccc2cnn(C(=O)OC(C)(C)C)c2c1. The molecule has 2 heterocycles. The number of methoxy groups -OCH3 is 1. The molecule has 0 bridgehead atoms. The molecule has 0 atom stereocenters. The molecule has 2 aromatic carbocycles. The fourth-order valence-electron chi connectivity index (χ4n) is 3.33. The third-order valence-corrected chi connectivity index (χ3v) is 4.94. The van der Waals surface area contributed by atoms with E-state index in [-0.39, 0.29) is 21.5 Å². The summed E-state index contributed by atoms with van der Waals surface area (Å²) < 4.78 is 17.5. The molecule has 0 amide bonds. The van der Waals surface area contributed by atoms with E-state index >= 15 is 0 Å². The zero-order chi connectivity index (χ0) is 28.3. The van der Waals surface area contributed by atoms with Crippen LogP contribution >= 0.6 is 0 Å². The summed E-state index contributed by atoms with van der Waals surface area (Å²) in [5.41, 5.74) is 1.04. The molecular formula is C29H40N4O7. The van der Waals surface area contributed by atoms with Crippen LogP contribution in [0.25, 0.3) is 21.8 Å². The summed E-state index contributed by atoms with van der Waals surface area (Å²) in [6, 6.07) is 10.2. The fourth-order valence-corrected chi connectivity index (χ4v) is 3.33. The lowest BCUT2D eigenvalue weighted by Gasteiger charge is -2.19. The lowest BCUT2D eigenvalue weighted by molar-refractivity contribution is 0.0511. The number of hydrogen-bond donors (Lipinski definition) is 1. The van der Waals surface area contributed by atoms with Gasteiger partial charge in [-0.3, -0.25) is 0 Å². The number of ether oxygens (including phenoxy) is 3. The van der Waals surface area contributed by atoms with Crippen LogP contribution in [-0.4, -0.2) is 61.1 Å². The summed E-state index contributed by atoms with van der Waals surface area (Å²) in [6.45, 7) is 10.7. The number of hydrogen-bond acceptors (Lipinski definition) is 9. The Balaban J connectivity index is 0.000000383. The molecule has 0 spiro atoms. The summed E-state index contributed by atoms with van der Waals surface area (Å²) >= 11 is 0. The maximum absolute atomic E-state index is 12.0. The molecule has 11 heteroatoms. The van der Waals surface area contributed by atoms with Crippen molar-refractivity contribution in [3.63, 3.8) is 0 Å². The van der Waals surface area contributed by atoms with Crippen LogP contribution < -0.4 is 0 Å². The Morgan fingerprint density at radius 1 is 0.775 bits per heavy atom. The van der Waals surface area contributed by atoms with E-state index in [0.29, 0.717) is 16.6 Å². The van der Waals surface area contributed by atoms with Crippen molar-refractivity contribution in [3.8, 4) is 0 Å². The summed E-state index contributed by atoms with van der Waals surface area (Å²) in [4.78, 5) is 35.5. The average molecular weight is 557 g/mol. The molecule has 0 aliphatic carbocycles. The zero-order valence-corrected chi connectivity index (χ0v) is 22.5. The number of carbonyl (C=O) groups excluding carboxylic acids is 3. The van der Waals surface area contributed by atoms with Crippen molar-refractivity contribution in [3.05, 3.63) is 59.9 Å². The molecule has 40 heavy (non-hydrogen) atoms. The summed E-state index contributed by atoms with van der Waals surface area (Å²) in [6.07, 6.45) is 2.03. The second kappa shape index (κ2) is 13.2. The molecule has 218 valence electrons. The number of benzene rings is 2. The first-order valence-corrected chi connectivity index (χ1v) is 11.8. The Bertz CT molecular complexity index is 1470. The largest absolute Gasteiger partial charge is 0.465 e. The van der Waals surface area contributed by atoms with Gasteiger partial charge in [-0.1, -0.05) is 33.1 Å². The van der Waals surface area contributed by atoms with Crippen LogP contribution in [0.4, 0.5) is 9.59 Å². The minimum atomic E-state index is -0.616. The number of nitrogens with zero attached hydrogens (tertiary/aromatic N) is 4. The van der Waals surface area contributed by atoms with Crippen LogP contribution in [0.3, 0.4) is 0 Å². The normalized spacial score (nSPS) is 11.0. The maximum atomic E-state index is 12.0. The van der Waals surface area contributed by atoms with Gasteiger partial charge in [0.2, 0.25) is 0 Å². The van der Waals surface area contributed by atoms with Gasteiger partial charge in [-0.2, -0.15) is 19.6 Å². The van der Waals surface area contributed by atoms with Crippen molar-refractivity contribution in [2.75, 3.05) is 7.11 Å². The van der Waals surface area contributed by atoms with E-state index in [9.17, 15) is 14.4 Å². The quantitative estimate of drug-likeness (QED) is 0.226. The van der Waals surface area contributed by atoms with Gasteiger partial charge in [0, 0.05) is 10.8 Å². The van der Waals surface area contributed by atoms with Crippen LogP contribution in [0.1, 0.15) is 72.3 Å². The minimum absolute atomic E-state index is 0. The van der Waals surface area contributed by atoms with Gasteiger partial charge in [-0.15, -0.1) is 0 Å². The van der Waals surface area contributed by atoms with E-state index in [2.05, 4.69) is 14.9 Å². The molecule has 0 radical (unpaired) electrons. The first-order chi connectivity index (χ1) is 17.7. The molecule has 1 N–H and O–H groups in total. The van der Waals surface area contributed by atoms with Gasteiger partial charge >= 0.3 is 18.2 Å². The smallest absolute Gasteiger partial charge is 0.435 e. The van der Waals surface area contributed by atoms with Gasteiger partial charge in [-0.05, 0) is 65.3 Å². The molecule has 0 saturated carbocycles. The minimum Gasteiger partial charge on any atom is -0.465 e. The van der Waals surface area contributed by atoms with Crippen molar-refractivity contribution < 1.29 is 33.7 Å². The van der Waals surface area contributed by atoms with Gasteiger partial charge < -0.3 is 19.3 Å². The second-order valence-corrected chi connectivity index (χ2v) is 10.4. The number of fused-ring (bicyclic) bond motifs is 2. The third-order valence-electron chi connectivity index (χ3n) is 4.94. The van der Waals surface area contributed by atoms with Gasteiger partial charge in [0.25, 0.3) is 0 Å². The highest BCUT2D eigenvalue weighted by Gasteiger charge is 2.21. The molecular weight excluding hydrogens is 516 g/mol. The van der Waals surface area contributed by atoms with Gasteiger partial charge in [0.05, 0.1) is 42.7 Å². The molecule has 2 aromatic heterocycles. The standard InChI is InChI=1S/C14H16N2O4.C13H16N2O3.2CH4/c1-14(2,3)20-13(18)16-11-7-9(12(17)19-4)5-6-10(11)8-15-16;1-13(2,3)18-12(17)15-11-6-9(8-16)4-5-10(11)7-14-15;;/h5-8H,1-4H3;4-7,16H,8H2,1-3H3;2*1H4. The Kier molecular flexibility index (Phi) is 11.2. The topological polar surface area (TPSA) is 135 Å². The monoisotopic (exact) mass is 556 g/mol. The van der Waals surface area contributed by atoms with Crippen LogP contribution in [0.2, 0.25) is 0 Å². The zero-order valence-electron chi connectivity index (χ0n) is 22.5. The highest BCUT2D eigenvalue weighted by Crippen LogP contribution is 2.19. The molecule has 0 aliphatic rings. The second-order valence-electron chi connectivity index (χ2n) is 10.4. The maximum Gasteiger partial charge on any atom is 0.435 e. The third kappa shape index (κ3) is 8.37. The number of aromatic nitrogens is 4. The van der Waals surface area contributed by atoms with E-state index < -0.39 is 29.4 Å². The van der Waals surface area contributed by atoms with E-state index in [1.54, 1.807) is 84.3 Å². The van der Waals surface area contributed by atoms with Crippen LogP contribution in [0.15, 0.2) is 48.8 Å². The van der Waals surface area contributed by atoms with Crippen molar-refractivity contribution >= 4 is 40.0 Å². The Morgan fingerprint density at radius 2 is 1.23 bits per heavy atom. The van der Waals surface area contributed by atoms with Crippen LogP contribution in [0, 0.1) is 0 Å². The Morgan fingerprint density at radius 3 is 1.65 bits per heavy atom. The van der Waals surface area contributed by atoms with Gasteiger partial charge in [0.1, 0.15) is 11.2 Å². The number of aliphatic hydroxyl groups excluding tert-OH is 1. The lowest BCUT2D eigenvalue weighted by Crippen LogP contribution is -2.27.